The lowest BCUT2D eigenvalue weighted by Gasteiger charge is -2.36. The van der Waals surface area contributed by atoms with Crippen LogP contribution in [0.15, 0.2) is 48.5 Å². The fourth-order valence-electron chi connectivity index (χ4n) is 4.62. The fraction of sp³-hybridized carbons (Fsp3) is 0.452. The highest BCUT2D eigenvalue weighted by atomic mass is 19.4. The predicted octanol–water partition coefficient (Wildman–Crippen LogP) is 5.56. The van der Waals surface area contributed by atoms with Crippen LogP contribution in [0.3, 0.4) is 0 Å². The molecule has 1 aliphatic rings. The van der Waals surface area contributed by atoms with Crippen LogP contribution in [0.2, 0.25) is 0 Å². The number of amides is 3. The van der Waals surface area contributed by atoms with E-state index in [0.717, 1.165) is 0 Å². The minimum atomic E-state index is -4.91. The molecule has 46 heavy (non-hydrogen) atoms. The Labute approximate surface area is 264 Å². The zero-order chi connectivity index (χ0) is 33.5. The molecule has 1 saturated heterocycles. The second-order valence-electron chi connectivity index (χ2n) is 11.5. The van der Waals surface area contributed by atoms with Crippen LogP contribution in [-0.4, -0.2) is 78.3 Å². The van der Waals surface area contributed by atoms with E-state index in [1.807, 2.05) is 6.07 Å². The average molecular weight is 650 g/mol. The van der Waals surface area contributed by atoms with Crippen molar-refractivity contribution in [3.63, 3.8) is 0 Å². The Balaban J connectivity index is 1.52. The van der Waals surface area contributed by atoms with Crippen molar-refractivity contribution < 1.29 is 46.4 Å². The molecule has 0 aliphatic carbocycles. The zero-order valence-corrected chi connectivity index (χ0v) is 26.3. The van der Waals surface area contributed by atoms with Gasteiger partial charge in [0, 0.05) is 25.8 Å². The highest BCUT2D eigenvalue weighted by Gasteiger charge is 2.33. The quantitative estimate of drug-likeness (QED) is 0.293. The van der Waals surface area contributed by atoms with E-state index >= 15 is 0 Å². The standard InChI is InChI=1S/C31H38F3N5O7/c1-20-26(36-28(40)35-16-22-15-21(17-42-5)11-12-25(22)45-31(32,33)34)39(23-9-7-6-8-10-23)37-27(20)44-19-24-18-43-14-13-38(24)29(41)46-30(2,3)4/h6-12,15,24H,13-14,16-19H2,1-5H3,(H2,35,36,40)/t24-/m0/s1. The highest BCUT2D eigenvalue weighted by Crippen LogP contribution is 2.30. The van der Waals surface area contributed by atoms with Gasteiger partial charge in [-0.1, -0.05) is 24.3 Å². The van der Waals surface area contributed by atoms with Gasteiger partial charge in [-0.2, -0.15) is 0 Å². The number of ether oxygens (including phenoxy) is 5. The number of aromatic nitrogens is 2. The minimum Gasteiger partial charge on any atom is -0.474 e. The lowest BCUT2D eigenvalue weighted by Crippen LogP contribution is -2.52. The summed E-state index contributed by atoms with van der Waals surface area (Å²) < 4.78 is 67.0. The van der Waals surface area contributed by atoms with Gasteiger partial charge in [0.15, 0.2) is 0 Å². The van der Waals surface area contributed by atoms with E-state index in [0.29, 0.717) is 30.0 Å². The van der Waals surface area contributed by atoms with Gasteiger partial charge in [-0.3, -0.25) is 10.2 Å². The van der Waals surface area contributed by atoms with Gasteiger partial charge < -0.3 is 29.0 Å². The maximum Gasteiger partial charge on any atom is 0.573 e. The van der Waals surface area contributed by atoms with Crippen molar-refractivity contribution in [3.8, 4) is 17.3 Å². The van der Waals surface area contributed by atoms with Gasteiger partial charge in [0.1, 0.15) is 23.8 Å². The highest BCUT2D eigenvalue weighted by molar-refractivity contribution is 5.89. The number of hydrogen-bond donors (Lipinski definition) is 2. The van der Waals surface area contributed by atoms with Crippen LogP contribution in [0.1, 0.15) is 37.5 Å². The van der Waals surface area contributed by atoms with Crippen LogP contribution in [0.25, 0.3) is 5.69 Å². The second-order valence-corrected chi connectivity index (χ2v) is 11.5. The molecule has 2 aromatic carbocycles. The van der Waals surface area contributed by atoms with E-state index in [1.54, 1.807) is 56.9 Å². The van der Waals surface area contributed by atoms with E-state index in [9.17, 15) is 22.8 Å². The van der Waals surface area contributed by atoms with Crippen molar-refractivity contribution in [1.82, 2.24) is 20.0 Å². The number of morpholine rings is 1. The number of urea groups is 1. The van der Waals surface area contributed by atoms with Crippen molar-refractivity contribution in [3.05, 3.63) is 65.2 Å². The Kier molecular flexibility index (Phi) is 11.0. The van der Waals surface area contributed by atoms with Gasteiger partial charge in [-0.05, 0) is 57.5 Å². The van der Waals surface area contributed by atoms with Crippen molar-refractivity contribution in [2.24, 2.45) is 0 Å². The smallest absolute Gasteiger partial charge is 0.474 e. The normalized spacial score (nSPS) is 15.3. The summed E-state index contributed by atoms with van der Waals surface area (Å²) in [6.07, 6.45) is -5.39. The van der Waals surface area contributed by atoms with Crippen molar-refractivity contribution in [2.45, 2.75) is 58.9 Å². The molecular weight excluding hydrogens is 611 g/mol. The molecule has 2 N–H and O–H groups in total. The molecule has 15 heteroatoms. The van der Waals surface area contributed by atoms with Gasteiger partial charge in [0.2, 0.25) is 5.88 Å². The summed E-state index contributed by atoms with van der Waals surface area (Å²) in [7, 11) is 1.46. The molecular formula is C31H38F3N5O7. The molecule has 4 rings (SSSR count). The summed E-state index contributed by atoms with van der Waals surface area (Å²) in [6.45, 7) is 7.90. The number of carbonyl (C=O) groups is 2. The number of alkyl halides is 3. The molecule has 12 nitrogen and oxygen atoms in total. The van der Waals surface area contributed by atoms with E-state index < -0.39 is 35.9 Å². The van der Waals surface area contributed by atoms with Crippen LogP contribution in [0.4, 0.5) is 28.6 Å². The van der Waals surface area contributed by atoms with Crippen LogP contribution in [0.5, 0.6) is 11.6 Å². The SMILES string of the molecule is COCc1ccc(OC(F)(F)F)c(CNC(=O)Nc2c(C)c(OC[C@@H]3COCCN3C(=O)OC(C)(C)C)nn2-c2ccccc2)c1. The fourth-order valence-corrected chi connectivity index (χ4v) is 4.62. The largest absolute Gasteiger partial charge is 0.573 e. The van der Waals surface area contributed by atoms with Crippen molar-refractivity contribution in [1.29, 1.82) is 0 Å². The first kappa shape index (κ1) is 34.4. The molecule has 3 aromatic rings. The van der Waals surface area contributed by atoms with Gasteiger partial charge >= 0.3 is 18.5 Å². The maximum atomic E-state index is 13.1. The Morgan fingerprint density at radius 2 is 1.85 bits per heavy atom. The number of hydrogen-bond acceptors (Lipinski definition) is 8. The molecule has 1 aromatic heterocycles. The summed E-state index contributed by atoms with van der Waals surface area (Å²) in [5, 5.41) is 9.89. The number of nitrogens with one attached hydrogen (secondary N) is 2. The Bertz CT molecular complexity index is 1490. The van der Waals surface area contributed by atoms with Gasteiger partial charge in [0.05, 0.1) is 37.1 Å². The average Bonchev–Trinajstić information content (AvgIpc) is 3.29. The van der Waals surface area contributed by atoms with E-state index in [2.05, 4.69) is 20.5 Å². The number of methoxy groups -OCH3 is 1. The minimum absolute atomic E-state index is 0.0390. The molecule has 1 atom stereocenters. The number of anilines is 1. The molecule has 2 heterocycles. The Hall–Kier alpha value is -4.50. The van der Waals surface area contributed by atoms with Gasteiger partial charge in [-0.25, -0.2) is 14.3 Å². The number of nitrogens with zero attached hydrogens (tertiary/aromatic N) is 3. The second kappa shape index (κ2) is 14.7. The van der Waals surface area contributed by atoms with Crippen LogP contribution in [-0.2, 0) is 27.4 Å². The van der Waals surface area contributed by atoms with Gasteiger partial charge in [-0.15, -0.1) is 18.3 Å². The lowest BCUT2D eigenvalue weighted by atomic mass is 10.1. The monoisotopic (exact) mass is 649 g/mol. The lowest BCUT2D eigenvalue weighted by molar-refractivity contribution is -0.274. The van der Waals surface area contributed by atoms with Crippen molar-refractivity contribution in [2.75, 3.05) is 38.8 Å². The van der Waals surface area contributed by atoms with Crippen LogP contribution < -0.4 is 20.1 Å². The molecule has 0 radical (unpaired) electrons. The van der Waals surface area contributed by atoms with E-state index in [-0.39, 0.29) is 43.6 Å². The molecule has 250 valence electrons. The first-order valence-electron chi connectivity index (χ1n) is 14.5. The number of halogens is 3. The van der Waals surface area contributed by atoms with Crippen LogP contribution >= 0.6 is 0 Å². The number of benzene rings is 2. The zero-order valence-electron chi connectivity index (χ0n) is 26.3. The topological polar surface area (TPSA) is 125 Å². The van der Waals surface area contributed by atoms with Gasteiger partial charge in [0.25, 0.3) is 0 Å². The summed E-state index contributed by atoms with van der Waals surface area (Å²) in [5.41, 5.74) is 1.11. The molecule has 0 bridgehead atoms. The summed E-state index contributed by atoms with van der Waals surface area (Å²) >= 11 is 0. The first-order valence-corrected chi connectivity index (χ1v) is 14.5. The third-order valence-electron chi connectivity index (χ3n) is 6.68. The van der Waals surface area contributed by atoms with E-state index in [4.69, 9.17) is 18.9 Å². The maximum absolute atomic E-state index is 13.1. The molecule has 1 fully saturated rings. The molecule has 1 aliphatic heterocycles. The Morgan fingerprint density at radius 1 is 1.11 bits per heavy atom. The third kappa shape index (κ3) is 9.50. The molecule has 3 amide bonds. The predicted molar refractivity (Wildman–Crippen MR) is 161 cm³/mol. The third-order valence-corrected chi connectivity index (χ3v) is 6.68. The number of para-hydroxylation sites is 1. The number of rotatable bonds is 10. The summed E-state index contributed by atoms with van der Waals surface area (Å²) in [4.78, 5) is 27.5. The first-order chi connectivity index (χ1) is 21.7. The van der Waals surface area contributed by atoms with Crippen molar-refractivity contribution >= 4 is 17.9 Å². The molecule has 0 spiro atoms. The summed E-state index contributed by atoms with van der Waals surface area (Å²) in [6, 6.07) is 11.9. The molecule has 0 saturated carbocycles. The summed E-state index contributed by atoms with van der Waals surface area (Å²) in [5.74, 6) is 0.0189. The number of carbonyl (C=O) groups excluding carboxylic acids is 2. The van der Waals surface area contributed by atoms with Crippen LogP contribution in [0, 0.1) is 6.92 Å². The molecule has 0 unspecified atom stereocenters. The Morgan fingerprint density at radius 3 is 2.52 bits per heavy atom. The van der Waals surface area contributed by atoms with E-state index in [1.165, 1.54) is 30.0 Å².